The van der Waals surface area contributed by atoms with E-state index in [1.807, 2.05) is 0 Å². The highest BCUT2D eigenvalue weighted by molar-refractivity contribution is 6.02. The van der Waals surface area contributed by atoms with E-state index < -0.39 is 23.2 Å². The van der Waals surface area contributed by atoms with Gasteiger partial charge in [-0.1, -0.05) is 0 Å². The number of esters is 1. The number of methoxy groups -OCH3 is 2. The highest BCUT2D eigenvalue weighted by Crippen LogP contribution is 2.29. The van der Waals surface area contributed by atoms with Gasteiger partial charge < -0.3 is 14.8 Å². The summed E-state index contributed by atoms with van der Waals surface area (Å²) in [4.78, 5) is 32.4. The summed E-state index contributed by atoms with van der Waals surface area (Å²) >= 11 is 0. The minimum atomic E-state index is -0.694. The lowest BCUT2D eigenvalue weighted by Crippen LogP contribution is -2.17. The van der Waals surface area contributed by atoms with Gasteiger partial charge in [-0.3, -0.25) is 19.7 Å². The first-order valence-corrected chi connectivity index (χ1v) is 5.17. The Bertz CT molecular complexity index is 514. The van der Waals surface area contributed by atoms with E-state index in [0.717, 1.165) is 13.2 Å². The van der Waals surface area contributed by atoms with E-state index in [4.69, 9.17) is 4.74 Å². The first-order chi connectivity index (χ1) is 8.97. The largest absolute Gasteiger partial charge is 0.490 e. The molecule has 0 aliphatic rings. The van der Waals surface area contributed by atoms with Crippen LogP contribution in [0.3, 0.4) is 0 Å². The van der Waals surface area contributed by atoms with Gasteiger partial charge in [-0.15, -0.1) is 0 Å². The Balaban J connectivity index is 2.85. The second-order valence-electron chi connectivity index (χ2n) is 3.44. The van der Waals surface area contributed by atoms with E-state index >= 15 is 0 Å². The number of nitro benzene ring substituents is 1. The second-order valence-corrected chi connectivity index (χ2v) is 3.44. The SMILES string of the molecule is COC(=O)CC(=O)Nc1ccc(OC)c([N+](=O)[O-])c1. The van der Waals surface area contributed by atoms with Gasteiger partial charge >= 0.3 is 11.7 Å². The predicted octanol–water partition coefficient (Wildman–Crippen LogP) is 1.10. The van der Waals surface area contributed by atoms with Gasteiger partial charge in [0.15, 0.2) is 5.75 Å². The first-order valence-electron chi connectivity index (χ1n) is 5.17. The third kappa shape index (κ3) is 3.95. The van der Waals surface area contributed by atoms with Gasteiger partial charge in [0, 0.05) is 11.8 Å². The zero-order valence-corrected chi connectivity index (χ0v) is 10.3. The van der Waals surface area contributed by atoms with E-state index in [1.165, 1.54) is 19.2 Å². The average molecular weight is 268 g/mol. The molecule has 102 valence electrons. The number of amides is 1. The van der Waals surface area contributed by atoms with Gasteiger partial charge in [0.1, 0.15) is 6.42 Å². The lowest BCUT2D eigenvalue weighted by molar-refractivity contribution is -0.385. The summed E-state index contributed by atoms with van der Waals surface area (Å²) in [5.41, 5.74) is -0.0835. The van der Waals surface area contributed by atoms with E-state index in [-0.39, 0.29) is 17.1 Å². The Kier molecular flexibility index (Phi) is 4.81. The number of ether oxygens (including phenoxy) is 2. The number of nitro groups is 1. The smallest absolute Gasteiger partial charge is 0.315 e. The monoisotopic (exact) mass is 268 g/mol. The van der Waals surface area contributed by atoms with E-state index in [1.54, 1.807) is 0 Å². The van der Waals surface area contributed by atoms with Gasteiger partial charge in [0.05, 0.1) is 19.1 Å². The van der Waals surface area contributed by atoms with Crippen LogP contribution in [0.5, 0.6) is 5.75 Å². The number of nitrogens with zero attached hydrogens (tertiary/aromatic N) is 1. The van der Waals surface area contributed by atoms with Crippen LogP contribution in [0.4, 0.5) is 11.4 Å². The third-order valence-corrected chi connectivity index (χ3v) is 2.19. The molecule has 0 aliphatic carbocycles. The number of carbonyl (C=O) groups excluding carboxylic acids is 2. The molecular weight excluding hydrogens is 256 g/mol. The number of anilines is 1. The molecule has 0 saturated heterocycles. The topological polar surface area (TPSA) is 108 Å². The highest BCUT2D eigenvalue weighted by Gasteiger charge is 2.17. The van der Waals surface area contributed by atoms with E-state index in [9.17, 15) is 19.7 Å². The van der Waals surface area contributed by atoms with Crippen molar-refractivity contribution in [3.05, 3.63) is 28.3 Å². The molecular formula is C11H12N2O6. The molecule has 0 unspecified atom stereocenters. The van der Waals surface area contributed by atoms with Crippen molar-refractivity contribution in [3.8, 4) is 5.75 Å². The van der Waals surface area contributed by atoms with Gasteiger partial charge in [0.25, 0.3) is 0 Å². The van der Waals surface area contributed by atoms with Crippen LogP contribution in [0.25, 0.3) is 0 Å². The normalized spacial score (nSPS) is 9.58. The van der Waals surface area contributed by atoms with Crippen molar-refractivity contribution < 1.29 is 24.0 Å². The number of hydrogen-bond donors (Lipinski definition) is 1. The second kappa shape index (κ2) is 6.34. The molecule has 0 atom stereocenters. The van der Waals surface area contributed by atoms with Crippen molar-refractivity contribution in [2.45, 2.75) is 6.42 Å². The Morgan fingerprint density at radius 2 is 2.05 bits per heavy atom. The fourth-order valence-electron chi connectivity index (χ4n) is 1.32. The summed E-state index contributed by atoms with van der Waals surface area (Å²) in [5.74, 6) is -1.23. The lowest BCUT2D eigenvalue weighted by atomic mass is 10.2. The minimum absolute atomic E-state index is 0.0796. The van der Waals surface area contributed by atoms with Crippen LogP contribution >= 0.6 is 0 Å². The van der Waals surface area contributed by atoms with Crippen LogP contribution in [-0.2, 0) is 14.3 Å². The van der Waals surface area contributed by atoms with Crippen LogP contribution in [0.2, 0.25) is 0 Å². The summed E-state index contributed by atoms with van der Waals surface area (Å²) in [6.07, 6.45) is -0.462. The molecule has 19 heavy (non-hydrogen) atoms. The number of carbonyl (C=O) groups is 2. The Morgan fingerprint density at radius 3 is 2.58 bits per heavy atom. The fraction of sp³-hybridized carbons (Fsp3) is 0.273. The number of nitrogens with one attached hydrogen (secondary N) is 1. The van der Waals surface area contributed by atoms with Gasteiger partial charge in [-0.05, 0) is 12.1 Å². The van der Waals surface area contributed by atoms with Crippen molar-refractivity contribution in [3.63, 3.8) is 0 Å². The van der Waals surface area contributed by atoms with Crippen molar-refractivity contribution in [1.82, 2.24) is 0 Å². The molecule has 1 aromatic rings. The van der Waals surface area contributed by atoms with Crippen molar-refractivity contribution in [1.29, 1.82) is 0 Å². The number of hydrogen-bond acceptors (Lipinski definition) is 6. The molecule has 8 heteroatoms. The van der Waals surface area contributed by atoms with Crippen LogP contribution < -0.4 is 10.1 Å². The number of rotatable bonds is 5. The maximum Gasteiger partial charge on any atom is 0.315 e. The molecule has 1 rings (SSSR count). The van der Waals surface area contributed by atoms with E-state index in [0.29, 0.717) is 0 Å². The summed E-state index contributed by atoms with van der Waals surface area (Å²) in [5, 5.41) is 13.1. The summed E-state index contributed by atoms with van der Waals surface area (Å²) in [7, 11) is 2.46. The fourth-order valence-corrected chi connectivity index (χ4v) is 1.32. The molecule has 1 aromatic carbocycles. The first kappa shape index (κ1) is 14.4. The van der Waals surface area contributed by atoms with Crippen molar-refractivity contribution >= 4 is 23.3 Å². The quantitative estimate of drug-likeness (QED) is 0.371. The van der Waals surface area contributed by atoms with Crippen LogP contribution in [0.1, 0.15) is 6.42 Å². The summed E-state index contributed by atoms with van der Waals surface area (Å²) in [6, 6.07) is 3.93. The van der Waals surface area contributed by atoms with E-state index in [2.05, 4.69) is 10.1 Å². The van der Waals surface area contributed by atoms with Crippen LogP contribution in [-0.4, -0.2) is 31.0 Å². The predicted molar refractivity (Wildman–Crippen MR) is 64.9 cm³/mol. The third-order valence-electron chi connectivity index (χ3n) is 2.19. The van der Waals surface area contributed by atoms with Crippen molar-refractivity contribution in [2.75, 3.05) is 19.5 Å². The molecule has 8 nitrogen and oxygen atoms in total. The standard InChI is InChI=1S/C11H12N2O6/c1-18-9-4-3-7(5-8(9)13(16)17)12-10(14)6-11(15)19-2/h3-5H,6H2,1-2H3,(H,12,14). The maximum absolute atomic E-state index is 11.4. The van der Waals surface area contributed by atoms with Gasteiger partial charge in [-0.2, -0.15) is 0 Å². The summed E-state index contributed by atoms with van der Waals surface area (Å²) < 4.78 is 9.15. The van der Waals surface area contributed by atoms with Crippen molar-refractivity contribution in [2.24, 2.45) is 0 Å². The average Bonchev–Trinajstić information content (AvgIpc) is 2.38. The number of benzene rings is 1. The molecule has 0 fully saturated rings. The Labute approximate surface area is 108 Å². The van der Waals surface area contributed by atoms with Crippen LogP contribution in [0.15, 0.2) is 18.2 Å². The zero-order chi connectivity index (χ0) is 14.4. The Morgan fingerprint density at radius 1 is 1.37 bits per heavy atom. The molecule has 1 N–H and O–H groups in total. The molecule has 0 aromatic heterocycles. The molecule has 1 amide bonds. The molecule has 0 aliphatic heterocycles. The minimum Gasteiger partial charge on any atom is -0.490 e. The van der Waals surface area contributed by atoms with Gasteiger partial charge in [-0.25, -0.2) is 0 Å². The lowest BCUT2D eigenvalue weighted by Gasteiger charge is -2.06. The summed E-state index contributed by atoms with van der Waals surface area (Å²) in [6.45, 7) is 0. The van der Waals surface area contributed by atoms with Crippen LogP contribution in [0, 0.1) is 10.1 Å². The van der Waals surface area contributed by atoms with Gasteiger partial charge in [0.2, 0.25) is 5.91 Å². The zero-order valence-electron chi connectivity index (χ0n) is 10.3. The maximum atomic E-state index is 11.4. The highest BCUT2D eigenvalue weighted by atomic mass is 16.6. The molecule has 0 radical (unpaired) electrons. The Hall–Kier alpha value is -2.64. The molecule has 0 bridgehead atoms. The molecule has 0 heterocycles. The molecule has 0 saturated carbocycles. The molecule has 0 spiro atoms.